The Morgan fingerprint density at radius 2 is 2.29 bits per heavy atom. The number of aryl methyl sites for hydroxylation is 1. The van der Waals surface area contributed by atoms with Gasteiger partial charge >= 0.3 is 0 Å². The predicted octanol–water partition coefficient (Wildman–Crippen LogP) is 3.50. The number of hydrogen-bond donors (Lipinski definition) is 0. The summed E-state index contributed by atoms with van der Waals surface area (Å²) >= 11 is 1.28. The largest absolute Gasteiger partial charge is 0.293 e. The van der Waals surface area contributed by atoms with Gasteiger partial charge in [-0.3, -0.25) is 4.79 Å². The Morgan fingerprint density at radius 3 is 3.00 bits per heavy atom. The number of Topliss-reactive ketones (excluding diaryl/α,β-unsaturated/α-hetero) is 1. The summed E-state index contributed by atoms with van der Waals surface area (Å²) in [6, 6.07) is 0. The van der Waals surface area contributed by atoms with Crippen molar-refractivity contribution in [2.75, 3.05) is 0 Å². The van der Waals surface area contributed by atoms with Gasteiger partial charge in [-0.25, -0.2) is 0 Å². The summed E-state index contributed by atoms with van der Waals surface area (Å²) in [7, 11) is 0. The van der Waals surface area contributed by atoms with E-state index in [0.29, 0.717) is 11.7 Å². The molecular formula is C13H20N2OS. The normalized spacial score (nSPS) is 24.8. The van der Waals surface area contributed by atoms with Crippen LogP contribution in [-0.4, -0.2) is 15.4 Å². The molecule has 0 N–H and O–H groups in total. The minimum absolute atomic E-state index is 0.219. The Morgan fingerprint density at radius 1 is 1.47 bits per heavy atom. The molecule has 2 atom stereocenters. The van der Waals surface area contributed by atoms with Crippen LogP contribution in [0, 0.1) is 11.8 Å². The fourth-order valence-electron chi connectivity index (χ4n) is 2.65. The van der Waals surface area contributed by atoms with Gasteiger partial charge in [0.2, 0.25) is 0 Å². The van der Waals surface area contributed by atoms with Crippen molar-refractivity contribution in [3.63, 3.8) is 0 Å². The van der Waals surface area contributed by atoms with Crippen molar-refractivity contribution >= 4 is 17.3 Å². The minimum Gasteiger partial charge on any atom is -0.293 e. The Labute approximate surface area is 107 Å². The van der Waals surface area contributed by atoms with E-state index in [-0.39, 0.29) is 5.92 Å². The van der Waals surface area contributed by atoms with Crippen molar-refractivity contribution in [1.82, 2.24) is 9.59 Å². The summed E-state index contributed by atoms with van der Waals surface area (Å²) in [6.07, 6.45) is 6.45. The third kappa shape index (κ3) is 2.92. The van der Waals surface area contributed by atoms with E-state index in [1.807, 2.05) is 0 Å². The van der Waals surface area contributed by atoms with Crippen molar-refractivity contribution in [3.05, 3.63) is 10.6 Å². The third-order valence-corrected chi connectivity index (χ3v) is 4.36. The van der Waals surface area contributed by atoms with Gasteiger partial charge in [-0.15, -0.1) is 5.10 Å². The van der Waals surface area contributed by atoms with Crippen LogP contribution in [0.5, 0.6) is 0 Å². The first-order valence-corrected chi connectivity index (χ1v) is 7.35. The summed E-state index contributed by atoms with van der Waals surface area (Å²) < 4.78 is 3.95. The van der Waals surface area contributed by atoms with Gasteiger partial charge in [0.25, 0.3) is 0 Å². The van der Waals surface area contributed by atoms with E-state index in [1.54, 1.807) is 0 Å². The molecule has 1 aliphatic carbocycles. The van der Waals surface area contributed by atoms with E-state index in [1.165, 1.54) is 24.4 Å². The molecule has 4 heteroatoms. The van der Waals surface area contributed by atoms with Crippen LogP contribution in [0.3, 0.4) is 0 Å². The van der Waals surface area contributed by atoms with Crippen LogP contribution in [0.4, 0.5) is 0 Å². The van der Waals surface area contributed by atoms with Gasteiger partial charge < -0.3 is 0 Å². The minimum atomic E-state index is 0.219. The molecular weight excluding hydrogens is 232 g/mol. The first-order valence-electron chi connectivity index (χ1n) is 6.57. The smallest absolute Gasteiger partial charge is 0.179 e. The standard InChI is InChI=1S/C13H20N2OS/c1-3-5-11-13(17-15-14-11)12(16)10-7-4-6-9(2)8-10/h9-10H,3-8H2,1-2H3. The van der Waals surface area contributed by atoms with Crippen molar-refractivity contribution in [2.45, 2.75) is 52.4 Å². The van der Waals surface area contributed by atoms with Crippen LogP contribution in [0.1, 0.15) is 61.3 Å². The number of ketones is 1. The van der Waals surface area contributed by atoms with E-state index in [2.05, 4.69) is 23.4 Å². The lowest BCUT2D eigenvalue weighted by Gasteiger charge is -2.25. The molecule has 0 bridgehead atoms. The van der Waals surface area contributed by atoms with Crippen molar-refractivity contribution in [2.24, 2.45) is 11.8 Å². The van der Waals surface area contributed by atoms with Crippen LogP contribution < -0.4 is 0 Å². The molecule has 2 rings (SSSR count). The van der Waals surface area contributed by atoms with E-state index < -0.39 is 0 Å². The maximum atomic E-state index is 12.4. The first kappa shape index (κ1) is 12.7. The summed E-state index contributed by atoms with van der Waals surface area (Å²) in [5.41, 5.74) is 0.917. The first-order chi connectivity index (χ1) is 8.22. The number of aromatic nitrogens is 2. The Bertz CT molecular complexity index is 389. The molecule has 0 amide bonds. The number of nitrogens with zero attached hydrogens (tertiary/aromatic N) is 2. The summed E-state index contributed by atoms with van der Waals surface area (Å²) in [4.78, 5) is 13.3. The molecule has 0 radical (unpaired) electrons. The molecule has 1 heterocycles. The lowest BCUT2D eigenvalue weighted by molar-refractivity contribution is 0.0871. The average molecular weight is 252 g/mol. The summed E-state index contributed by atoms with van der Waals surface area (Å²) in [5, 5.41) is 4.09. The highest BCUT2D eigenvalue weighted by Crippen LogP contribution is 2.32. The Hall–Kier alpha value is -0.770. The van der Waals surface area contributed by atoms with Gasteiger partial charge in [0.1, 0.15) is 4.88 Å². The van der Waals surface area contributed by atoms with Gasteiger partial charge in [-0.05, 0) is 36.7 Å². The highest BCUT2D eigenvalue weighted by Gasteiger charge is 2.28. The van der Waals surface area contributed by atoms with Gasteiger partial charge in [0.15, 0.2) is 5.78 Å². The Kier molecular flexibility index (Phi) is 4.26. The molecule has 2 unspecified atom stereocenters. The van der Waals surface area contributed by atoms with Crippen LogP contribution in [0.2, 0.25) is 0 Å². The number of rotatable bonds is 4. The second kappa shape index (κ2) is 5.71. The summed E-state index contributed by atoms with van der Waals surface area (Å²) in [5.74, 6) is 1.21. The lowest BCUT2D eigenvalue weighted by Crippen LogP contribution is -2.22. The second-order valence-electron chi connectivity index (χ2n) is 5.13. The topological polar surface area (TPSA) is 42.9 Å². The van der Waals surface area contributed by atoms with E-state index in [4.69, 9.17) is 0 Å². The fraction of sp³-hybridized carbons (Fsp3) is 0.769. The lowest BCUT2D eigenvalue weighted by atomic mass is 9.80. The SMILES string of the molecule is CCCc1nnsc1C(=O)C1CCCC(C)C1. The molecule has 1 aromatic heterocycles. The predicted molar refractivity (Wildman–Crippen MR) is 69.4 cm³/mol. The highest BCUT2D eigenvalue weighted by molar-refractivity contribution is 7.08. The Balaban J connectivity index is 2.10. The molecule has 1 aliphatic rings. The van der Waals surface area contributed by atoms with E-state index in [9.17, 15) is 4.79 Å². The van der Waals surface area contributed by atoms with Gasteiger partial charge in [-0.1, -0.05) is 37.6 Å². The molecule has 0 saturated heterocycles. The van der Waals surface area contributed by atoms with E-state index >= 15 is 0 Å². The van der Waals surface area contributed by atoms with Crippen LogP contribution >= 0.6 is 11.5 Å². The zero-order chi connectivity index (χ0) is 12.3. The number of carbonyl (C=O) groups is 1. The van der Waals surface area contributed by atoms with Crippen molar-refractivity contribution in [3.8, 4) is 0 Å². The van der Waals surface area contributed by atoms with Crippen LogP contribution in [0.15, 0.2) is 0 Å². The van der Waals surface area contributed by atoms with Crippen LogP contribution in [-0.2, 0) is 6.42 Å². The molecule has 0 aliphatic heterocycles. The maximum Gasteiger partial charge on any atom is 0.179 e. The monoisotopic (exact) mass is 252 g/mol. The van der Waals surface area contributed by atoms with E-state index in [0.717, 1.165) is 36.3 Å². The molecule has 17 heavy (non-hydrogen) atoms. The highest BCUT2D eigenvalue weighted by atomic mass is 32.1. The van der Waals surface area contributed by atoms with Crippen molar-refractivity contribution in [1.29, 1.82) is 0 Å². The second-order valence-corrected chi connectivity index (χ2v) is 5.89. The average Bonchev–Trinajstić information content (AvgIpc) is 2.77. The van der Waals surface area contributed by atoms with Crippen molar-refractivity contribution < 1.29 is 4.79 Å². The quantitative estimate of drug-likeness (QED) is 0.770. The van der Waals surface area contributed by atoms with Gasteiger partial charge in [-0.2, -0.15) is 0 Å². The third-order valence-electron chi connectivity index (χ3n) is 3.57. The van der Waals surface area contributed by atoms with Gasteiger partial charge in [0.05, 0.1) is 5.69 Å². The zero-order valence-corrected chi connectivity index (χ0v) is 11.4. The van der Waals surface area contributed by atoms with Gasteiger partial charge in [0, 0.05) is 5.92 Å². The zero-order valence-electron chi connectivity index (χ0n) is 10.6. The molecule has 94 valence electrons. The number of carbonyl (C=O) groups excluding carboxylic acids is 1. The maximum absolute atomic E-state index is 12.4. The molecule has 0 aromatic carbocycles. The number of hydrogen-bond acceptors (Lipinski definition) is 4. The molecule has 1 saturated carbocycles. The van der Waals surface area contributed by atoms with Crippen LogP contribution in [0.25, 0.3) is 0 Å². The molecule has 3 nitrogen and oxygen atoms in total. The molecule has 1 aromatic rings. The molecule has 1 fully saturated rings. The summed E-state index contributed by atoms with van der Waals surface area (Å²) in [6.45, 7) is 4.35. The fourth-order valence-corrected chi connectivity index (χ4v) is 3.38. The molecule has 0 spiro atoms.